The second-order valence-corrected chi connectivity index (χ2v) is 18.6. The van der Waals surface area contributed by atoms with Crippen molar-refractivity contribution in [1.82, 2.24) is 29.9 Å². The van der Waals surface area contributed by atoms with Crippen molar-refractivity contribution in [1.29, 1.82) is 0 Å². The molecule has 0 unspecified atom stereocenters. The maximum atomic E-state index is 5.95. The predicted molar refractivity (Wildman–Crippen MR) is 304 cm³/mol. The van der Waals surface area contributed by atoms with E-state index in [1.807, 2.05) is 109 Å². The lowest BCUT2D eigenvalue weighted by Gasteiger charge is -2.09. The van der Waals surface area contributed by atoms with Gasteiger partial charge < -0.3 is 18.4 Å². The zero-order valence-electron chi connectivity index (χ0n) is 39.2. The van der Waals surface area contributed by atoms with E-state index in [1.165, 1.54) is 69.4 Å². The molecule has 14 rings (SSSR count). The molecule has 8 nitrogen and oxygen atoms in total. The van der Waals surface area contributed by atoms with Gasteiger partial charge in [0.2, 0.25) is 23.6 Å². The van der Waals surface area contributed by atoms with E-state index >= 15 is 0 Å². The lowest BCUT2D eigenvalue weighted by atomic mass is 10.0. The van der Waals surface area contributed by atoms with Gasteiger partial charge in [0.15, 0.2) is 0 Å². The highest BCUT2D eigenvalue weighted by Crippen LogP contribution is 2.36. The third kappa shape index (κ3) is 9.45. The molecule has 0 radical (unpaired) electrons. The summed E-state index contributed by atoms with van der Waals surface area (Å²) in [6.07, 6.45) is 0. The molecule has 0 aliphatic carbocycles. The monoisotopic (exact) mass is 1050 g/mol. The Bertz CT molecular complexity index is 4130. The van der Waals surface area contributed by atoms with Crippen LogP contribution in [0.5, 0.6) is 0 Å². The first-order valence-electron chi connectivity index (χ1n) is 23.9. The topological polar surface area (TPSA) is 98.6 Å². The number of aromatic nitrogens is 6. The smallest absolute Gasteiger partial charge is 0.248 e. The number of nitrogens with one attached hydrogen (secondary N) is 1. The van der Waals surface area contributed by atoms with Gasteiger partial charge in [0, 0.05) is 64.1 Å². The summed E-state index contributed by atoms with van der Waals surface area (Å²) in [5, 5.41) is 21.7. The van der Waals surface area contributed by atoms with Crippen molar-refractivity contribution in [3.63, 3.8) is 0 Å². The van der Waals surface area contributed by atoms with Gasteiger partial charge in [-0.15, -0.1) is 20.4 Å². The first kappa shape index (κ1) is 45.0. The van der Waals surface area contributed by atoms with E-state index in [0.29, 0.717) is 23.6 Å². The standard InChI is InChI=1S/C32H21N3O.C18H13N.C14H9IN2O/c1-3-9-22(10-4-1)25-17-20-30-28(21-25)27-13-7-8-14-29(27)35(30)26-18-15-24(16-19-26)32-34-33-31(36-32)23-11-5-2-6-12-23;1-2-6-13(7-3-1)14-10-11-18-16(12-14)15-8-4-5-9-17(15)19-18;15-12-8-6-11(7-9-12)14-17-16-13(18-14)10-4-2-1-3-5-10/h1-21H;1-12,19H;1-9H. The SMILES string of the molecule is Ic1ccc(-c2nnc(-c3ccccc3)o2)cc1.c1ccc(-c2ccc3[nH]c4ccccc4c3c2)cc1.c1ccc(-c2ccc3c(c2)c2ccccc2n3-c2ccc(-c3nnc(-c4ccccc4)o3)cc2)cc1. The Kier molecular flexibility index (Phi) is 12.5. The van der Waals surface area contributed by atoms with Crippen LogP contribution < -0.4 is 0 Å². The molecule has 0 amide bonds. The molecular weight excluding hydrogens is 1010 g/mol. The third-order valence-electron chi connectivity index (χ3n) is 12.7. The van der Waals surface area contributed by atoms with Gasteiger partial charge in [0.1, 0.15) is 0 Å². The Hall–Kier alpha value is -9.19. The van der Waals surface area contributed by atoms with Gasteiger partial charge in [-0.1, -0.05) is 146 Å². The summed E-state index contributed by atoms with van der Waals surface area (Å²) in [6.45, 7) is 0. The Balaban J connectivity index is 0.000000123. The summed E-state index contributed by atoms with van der Waals surface area (Å²) < 4.78 is 15.1. The molecule has 4 heterocycles. The number of halogens is 1. The Labute approximate surface area is 434 Å². The van der Waals surface area contributed by atoms with E-state index in [4.69, 9.17) is 8.83 Å². The van der Waals surface area contributed by atoms with E-state index in [9.17, 15) is 0 Å². The van der Waals surface area contributed by atoms with Gasteiger partial charge >= 0.3 is 0 Å². The highest BCUT2D eigenvalue weighted by atomic mass is 127. The van der Waals surface area contributed by atoms with Crippen LogP contribution >= 0.6 is 22.6 Å². The third-order valence-corrected chi connectivity index (χ3v) is 13.5. The molecule has 0 aliphatic heterocycles. The molecule has 14 aromatic rings. The van der Waals surface area contributed by atoms with Gasteiger partial charge in [0.25, 0.3) is 0 Å². The van der Waals surface area contributed by atoms with Crippen LogP contribution in [0, 0.1) is 3.57 Å². The van der Waals surface area contributed by atoms with Crippen LogP contribution in [0.25, 0.3) is 117 Å². The maximum Gasteiger partial charge on any atom is 0.248 e. The summed E-state index contributed by atoms with van der Waals surface area (Å²) in [5.74, 6) is 2.12. The highest BCUT2D eigenvalue weighted by molar-refractivity contribution is 14.1. The lowest BCUT2D eigenvalue weighted by Crippen LogP contribution is -1.93. The number of rotatable bonds is 7. The average Bonchev–Trinajstić information content (AvgIpc) is 4.30. The van der Waals surface area contributed by atoms with Crippen molar-refractivity contribution in [2.24, 2.45) is 0 Å². The maximum absolute atomic E-state index is 5.95. The van der Waals surface area contributed by atoms with Gasteiger partial charge in [0.05, 0.1) is 11.0 Å². The zero-order chi connectivity index (χ0) is 48.9. The van der Waals surface area contributed by atoms with Crippen molar-refractivity contribution in [3.8, 4) is 73.8 Å². The van der Waals surface area contributed by atoms with Crippen molar-refractivity contribution in [2.45, 2.75) is 0 Å². The highest BCUT2D eigenvalue weighted by Gasteiger charge is 2.16. The summed E-state index contributed by atoms with van der Waals surface area (Å²) >= 11 is 2.26. The van der Waals surface area contributed by atoms with E-state index in [1.54, 1.807) is 0 Å². The summed E-state index contributed by atoms with van der Waals surface area (Å²) in [4.78, 5) is 3.46. The van der Waals surface area contributed by atoms with Crippen molar-refractivity contribution < 1.29 is 8.83 Å². The first-order valence-corrected chi connectivity index (χ1v) is 25.0. The molecule has 4 aromatic heterocycles. The summed E-state index contributed by atoms with van der Waals surface area (Å²) in [6, 6.07) is 87.2. The quantitative estimate of drug-likeness (QED) is 0.160. The van der Waals surface area contributed by atoms with Crippen LogP contribution in [-0.2, 0) is 0 Å². The number of fused-ring (bicyclic) bond motifs is 6. The Morgan fingerprint density at radius 3 is 1.23 bits per heavy atom. The molecular formula is C64H43IN6O2. The molecule has 0 saturated heterocycles. The van der Waals surface area contributed by atoms with E-state index in [0.717, 1.165) is 27.9 Å². The van der Waals surface area contributed by atoms with Gasteiger partial charge in [-0.3, -0.25) is 0 Å². The van der Waals surface area contributed by atoms with Gasteiger partial charge in [-0.25, -0.2) is 0 Å². The minimum absolute atomic E-state index is 0.509. The second-order valence-electron chi connectivity index (χ2n) is 17.4. The number of aromatic amines is 1. The number of hydrogen-bond donors (Lipinski definition) is 1. The van der Waals surface area contributed by atoms with E-state index in [2.05, 4.69) is 198 Å². The molecule has 0 atom stereocenters. The van der Waals surface area contributed by atoms with Gasteiger partial charge in [-0.2, -0.15) is 0 Å². The van der Waals surface area contributed by atoms with Crippen LogP contribution in [0.15, 0.2) is 264 Å². The van der Waals surface area contributed by atoms with Gasteiger partial charge in [-0.05, 0) is 154 Å². The molecule has 0 aliphatic rings. The number of nitrogens with zero attached hydrogens (tertiary/aromatic N) is 5. The Morgan fingerprint density at radius 2 is 0.685 bits per heavy atom. The molecule has 1 N–H and O–H groups in total. The second kappa shape index (κ2) is 20.3. The summed E-state index contributed by atoms with van der Waals surface area (Å²) in [5.41, 5.74) is 14.4. The summed E-state index contributed by atoms with van der Waals surface area (Å²) in [7, 11) is 0. The number of hydrogen-bond acceptors (Lipinski definition) is 6. The zero-order valence-corrected chi connectivity index (χ0v) is 41.3. The minimum Gasteiger partial charge on any atom is -0.416 e. The average molecular weight is 1050 g/mol. The molecule has 9 heteroatoms. The fourth-order valence-corrected chi connectivity index (χ4v) is 9.50. The molecule has 10 aromatic carbocycles. The van der Waals surface area contributed by atoms with Crippen molar-refractivity contribution >= 4 is 66.2 Å². The van der Waals surface area contributed by atoms with Crippen LogP contribution in [0.4, 0.5) is 0 Å². The lowest BCUT2D eigenvalue weighted by molar-refractivity contribution is 0.584. The fraction of sp³-hybridized carbons (Fsp3) is 0. The normalized spacial score (nSPS) is 11.1. The van der Waals surface area contributed by atoms with Crippen LogP contribution in [0.2, 0.25) is 0 Å². The van der Waals surface area contributed by atoms with Crippen molar-refractivity contribution in [2.75, 3.05) is 0 Å². The van der Waals surface area contributed by atoms with E-state index < -0.39 is 0 Å². The van der Waals surface area contributed by atoms with E-state index in [-0.39, 0.29) is 0 Å². The fourth-order valence-electron chi connectivity index (χ4n) is 9.14. The number of para-hydroxylation sites is 2. The molecule has 0 spiro atoms. The largest absolute Gasteiger partial charge is 0.416 e. The minimum atomic E-state index is 0.509. The predicted octanol–water partition coefficient (Wildman–Crippen LogP) is 17.2. The number of benzene rings is 10. The van der Waals surface area contributed by atoms with Crippen LogP contribution in [-0.4, -0.2) is 29.9 Å². The first-order chi connectivity index (χ1) is 36.1. The molecule has 0 fully saturated rings. The van der Waals surface area contributed by atoms with Crippen LogP contribution in [0.1, 0.15) is 0 Å². The molecule has 73 heavy (non-hydrogen) atoms. The molecule has 0 saturated carbocycles. The molecule has 0 bridgehead atoms. The van der Waals surface area contributed by atoms with Crippen LogP contribution in [0.3, 0.4) is 0 Å². The Morgan fingerprint density at radius 1 is 0.301 bits per heavy atom. The number of H-pyrrole nitrogens is 1. The van der Waals surface area contributed by atoms with Crippen molar-refractivity contribution in [3.05, 3.63) is 258 Å². The molecule has 348 valence electrons.